The zero-order valence-corrected chi connectivity index (χ0v) is 12.0. The molecule has 4 heteroatoms. The minimum Gasteiger partial charge on any atom is -0.235 e. The summed E-state index contributed by atoms with van der Waals surface area (Å²) in [7, 11) is 0. The highest BCUT2D eigenvalue weighted by Crippen LogP contribution is 2.24. The number of rotatable bonds is 2. The van der Waals surface area contributed by atoms with Gasteiger partial charge in [-0.15, -0.1) is 0 Å². The molecule has 0 aliphatic carbocycles. The summed E-state index contributed by atoms with van der Waals surface area (Å²) in [5.41, 5.74) is 2.28. The Morgan fingerprint density at radius 2 is 1.82 bits per heavy atom. The molecule has 2 nitrogen and oxygen atoms in total. The van der Waals surface area contributed by atoms with Gasteiger partial charge in [0.2, 0.25) is 0 Å². The normalized spacial score (nSPS) is 10.9. The molecular weight excluding hydrogens is 300 g/mol. The zero-order chi connectivity index (χ0) is 12.4. The van der Waals surface area contributed by atoms with Crippen molar-refractivity contribution < 1.29 is 0 Å². The van der Waals surface area contributed by atoms with Crippen LogP contribution in [0.4, 0.5) is 0 Å². The molecule has 0 fully saturated rings. The summed E-state index contributed by atoms with van der Waals surface area (Å²) in [5, 5.41) is 0.433. The van der Waals surface area contributed by atoms with E-state index < -0.39 is 0 Å². The summed E-state index contributed by atoms with van der Waals surface area (Å²) in [6.45, 7) is 4.34. The fraction of sp³-hybridized carbons (Fsp3) is 0.231. The first-order valence-corrected chi connectivity index (χ1v) is 6.53. The molecule has 0 saturated carbocycles. The van der Waals surface area contributed by atoms with Crippen LogP contribution in [0.1, 0.15) is 25.3 Å². The van der Waals surface area contributed by atoms with Crippen LogP contribution in [0.5, 0.6) is 0 Å². The number of nitrogens with zero attached hydrogens (tertiary/aromatic N) is 2. The molecule has 2 rings (SSSR count). The molecule has 0 saturated heterocycles. The molecule has 0 atom stereocenters. The molecule has 1 aromatic heterocycles. The minimum atomic E-state index is 0.433. The molecule has 0 amide bonds. The number of aromatic nitrogens is 2. The van der Waals surface area contributed by atoms with Gasteiger partial charge in [-0.3, -0.25) is 0 Å². The lowest BCUT2D eigenvalue weighted by Crippen LogP contribution is -1.91. The molecule has 17 heavy (non-hydrogen) atoms. The van der Waals surface area contributed by atoms with E-state index in [4.69, 9.17) is 11.6 Å². The molecule has 1 heterocycles. The van der Waals surface area contributed by atoms with E-state index in [0.717, 1.165) is 5.56 Å². The van der Waals surface area contributed by atoms with Crippen LogP contribution in [0, 0.1) is 0 Å². The molecule has 0 aliphatic rings. The lowest BCUT2D eigenvalue weighted by Gasteiger charge is -2.06. The summed E-state index contributed by atoms with van der Waals surface area (Å²) in [6.07, 6.45) is 1.67. The predicted molar refractivity (Wildman–Crippen MR) is 74.3 cm³/mol. The average Bonchev–Trinajstić information content (AvgIpc) is 2.33. The Kier molecular flexibility index (Phi) is 3.79. The fourth-order valence-electron chi connectivity index (χ4n) is 1.50. The van der Waals surface area contributed by atoms with Gasteiger partial charge in [0, 0.05) is 11.8 Å². The molecule has 2 aromatic rings. The second-order valence-corrected chi connectivity index (χ2v) is 5.32. The molecule has 0 radical (unpaired) electrons. The average molecular weight is 312 g/mol. The van der Waals surface area contributed by atoms with E-state index in [-0.39, 0.29) is 0 Å². The summed E-state index contributed by atoms with van der Waals surface area (Å²) >= 11 is 9.22. The molecule has 0 unspecified atom stereocenters. The van der Waals surface area contributed by atoms with Crippen LogP contribution in [0.3, 0.4) is 0 Å². The van der Waals surface area contributed by atoms with Crippen molar-refractivity contribution in [1.29, 1.82) is 0 Å². The molecule has 1 aromatic carbocycles. The van der Waals surface area contributed by atoms with Gasteiger partial charge in [-0.2, -0.15) is 0 Å². The van der Waals surface area contributed by atoms with Crippen molar-refractivity contribution in [2.45, 2.75) is 19.8 Å². The molecule has 88 valence electrons. The fourth-order valence-corrected chi connectivity index (χ4v) is 1.82. The van der Waals surface area contributed by atoms with Gasteiger partial charge in [-0.1, -0.05) is 49.7 Å². The maximum absolute atomic E-state index is 5.95. The van der Waals surface area contributed by atoms with Crippen molar-refractivity contribution in [3.8, 4) is 11.4 Å². The van der Waals surface area contributed by atoms with E-state index in [0.29, 0.717) is 21.4 Å². The Morgan fingerprint density at radius 3 is 2.35 bits per heavy atom. The van der Waals surface area contributed by atoms with E-state index in [1.807, 2.05) is 12.1 Å². The van der Waals surface area contributed by atoms with Crippen LogP contribution < -0.4 is 0 Å². The van der Waals surface area contributed by atoms with Gasteiger partial charge in [0.1, 0.15) is 5.15 Å². The van der Waals surface area contributed by atoms with Gasteiger partial charge in [-0.05, 0) is 27.4 Å². The minimum absolute atomic E-state index is 0.433. The lowest BCUT2D eigenvalue weighted by molar-refractivity contribution is 0.867. The van der Waals surface area contributed by atoms with Crippen LogP contribution >= 0.6 is 27.5 Å². The third-order valence-corrected chi connectivity index (χ3v) is 3.63. The number of hydrogen-bond donors (Lipinski definition) is 0. The summed E-state index contributed by atoms with van der Waals surface area (Å²) in [4.78, 5) is 8.47. The van der Waals surface area contributed by atoms with Crippen molar-refractivity contribution >= 4 is 27.5 Å². The topological polar surface area (TPSA) is 25.8 Å². The Labute approximate surface area is 114 Å². The van der Waals surface area contributed by atoms with E-state index in [2.05, 4.69) is 51.9 Å². The second kappa shape index (κ2) is 5.15. The molecule has 0 bridgehead atoms. The van der Waals surface area contributed by atoms with Crippen molar-refractivity contribution in [1.82, 2.24) is 9.97 Å². The first kappa shape index (κ1) is 12.5. The molecule has 0 N–H and O–H groups in total. The molecular formula is C13H12BrClN2. The number of hydrogen-bond acceptors (Lipinski definition) is 2. The summed E-state index contributed by atoms with van der Waals surface area (Å²) in [6, 6.07) is 8.24. The van der Waals surface area contributed by atoms with Crippen LogP contribution in [0.2, 0.25) is 5.15 Å². The Bertz CT molecular complexity index is 523. The predicted octanol–water partition coefficient (Wildman–Crippen LogP) is 4.68. The molecule has 0 aliphatic heterocycles. The first-order chi connectivity index (χ1) is 8.08. The number of halogens is 2. The highest BCUT2D eigenvalue weighted by Gasteiger charge is 2.06. The van der Waals surface area contributed by atoms with E-state index in [9.17, 15) is 0 Å². The van der Waals surface area contributed by atoms with E-state index >= 15 is 0 Å². The van der Waals surface area contributed by atoms with Gasteiger partial charge in [-0.25, -0.2) is 9.97 Å². The highest BCUT2D eigenvalue weighted by molar-refractivity contribution is 9.10. The maximum Gasteiger partial charge on any atom is 0.160 e. The monoisotopic (exact) mass is 310 g/mol. The Hall–Kier alpha value is -0.930. The third kappa shape index (κ3) is 2.85. The van der Waals surface area contributed by atoms with Crippen molar-refractivity contribution in [2.24, 2.45) is 0 Å². The van der Waals surface area contributed by atoms with Crippen LogP contribution in [-0.4, -0.2) is 9.97 Å². The van der Waals surface area contributed by atoms with Crippen molar-refractivity contribution in [2.75, 3.05) is 0 Å². The van der Waals surface area contributed by atoms with Crippen LogP contribution in [-0.2, 0) is 0 Å². The zero-order valence-electron chi connectivity index (χ0n) is 9.61. The van der Waals surface area contributed by atoms with Gasteiger partial charge in [0.25, 0.3) is 0 Å². The van der Waals surface area contributed by atoms with Gasteiger partial charge in [0.15, 0.2) is 5.82 Å². The Balaban J connectivity index is 2.36. The summed E-state index contributed by atoms with van der Waals surface area (Å²) < 4.78 is 0.710. The quantitative estimate of drug-likeness (QED) is 0.752. The van der Waals surface area contributed by atoms with Gasteiger partial charge >= 0.3 is 0 Å². The smallest absolute Gasteiger partial charge is 0.160 e. The summed E-state index contributed by atoms with van der Waals surface area (Å²) in [5.74, 6) is 1.17. The maximum atomic E-state index is 5.95. The third-order valence-electron chi connectivity index (χ3n) is 2.54. The van der Waals surface area contributed by atoms with Gasteiger partial charge in [0.05, 0.1) is 4.47 Å². The van der Waals surface area contributed by atoms with E-state index in [1.54, 1.807) is 6.20 Å². The first-order valence-electron chi connectivity index (χ1n) is 5.36. The lowest BCUT2D eigenvalue weighted by atomic mass is 10.0. The second-order valence-electron chi connectivity index (χ2n) is 4.11. The number of benzene rings is 1. The largest absolute Gasteiger partial charge is 0.235 e. The molecule has 0 spiro atoms. The Morgan fingerprint density at radius 1 is 1.18 bits per heavy atom. The van der Waals surface area contributed by atoms with E-state index in [1.165, 1.54) is 5.56 Å². The SMILES string of the molecule is CC(C)c1ccc(-c2ncc(Br)c(Cl)n2)cc1. The van der Waals surface area contributed by atoms with Gasteiger partial charge < -0.3 is 0 Å². The van der Waals surface area contributed by atoms with Crippen molar-refractivity contribution in [3.05, 3.63) is 45.7 Å². The van der Waals surface area contributed by atoms with Crippen LogP contribution in [0.15, 0.2) is 34.9 Å². The standard InChI is InChI=1S/C13H12BrClN2/c1-8(2)9-3-5-10(6-4-9)13-16-7-11(14)12(15)17-13/h3-8H,1-2H3. The van der Waals surface area contributed by atoms with Crippen molar-refractivity contribution in [3.63, 3.8) is 0 Å². The highest BCUT2D eigenvalue weighted by atomic mass is 79.9. The van der Waals surface area contributed by atoms with Crippen LogP contribution in [0.25, 0.3) is 11.4 Å².